The van der Waals surface area contributed by atoms with Crippen molar-refractivity contribution < 1.29 is 9.53 Å². The van der Waals surface area contributed by atoms with E-state index in [-0.39, 0.29) is 5.91 Å². The van der Waals surface area contributed by atoms with E-state index in [4.69, 9.17) is 4.74 Å². The Kier molecular flexibility index (Phi) is 8.14. The number of hydrogen-bond donors (Lipinski definition) is 1. The van der Waals surface area contributed by atoms with Gasteiger partial charge in [-0.25, -0.2) is 0 Å². The van der Waals surface area contributed by atoms with Crippen molar-refractivity contribution in [2.75, 3.05) is 45.2 Å². The van der Waals surface area contributed by atoms with Crippen molar-refractivity contribution in [3.63, 3.8) is 0 Å². The van der Waals surface area contributed by atoms with E-state index in [1.807, 2.05) is 67.5 Å². The highest BCUT2D eigenvalue weighted by atomic mass is 16.5. The molecule has 0 bridgehead atoms. The summed E-state index contributed by atoms with van der Waals surface area (Å²) in [4.78, 5) is 16.7. The molecule has 0 fully saturated rings. The highest BCUT2D eigenvalue weighted by Gasteiger charge is 2.09. The zero-order valence-electron chi connectivity index (χ0n) is 16.9. The Balaban J connectivity index is 1.92. The Bertz CT molecular complexity index is 710. The molecule has 2 rings (SSSR count). The van der Waals surface area contributed by atoms with Gasteiger partial charge in [0.2, 0.25) is 0 Å². The number of carbonyl (C=O) groups excluding carboxylic acids is 1. The standard InChI is InChI=1S/C22H31N3O2/c1-5-25(6-2)15-16-27-21-10-8-7-9-19(21)17-23-22(26)18-11-13-20(14-12-18)24(3)4/h7-14H,5-6,15-17H2,1-4H3,(H,23,26). The van der Waals surface area contributed by atoms with Gasteiger partial charge in [0, 0.05) is 44.0 Å². The Morgan fingerprint density at radius 3 is 2.30 bits per heavy atom. The molecule has 0 aliphatic rings. The van der Waals surface area contributed by atoms with E-state index >= 15 is 0 Å². The van der Waals surface area contributed by atoms with E-state index in [0.29, 0.717) is 18.7 Å². The van der Waals surface area contributed by atoms with Crippen LogP contribution < -0.4 is 15.0 Å². The summed E-state index contributed by atoms with van der Waals surface area (Å²) in [6, 6.07) is 15.4. The van der Waals surface area contributed by atoms with Crippen LogP contribution in [0.3, 0.4) is 0 Å². The number of nitrogens with zero attached hydrogens (tertiary/aromatic N) is 2. The van der Waals surface area contributed by atoms with Crippen molar-refractivity contribution in [3.8, 4) is 5.75 Å². The third-order valence-corrected chi connectivity index (χ3v) is 4.62. The third kappa shape index (κ3) is 6.29. The van der Waals surface area contributed by atoms with Crippen molar-refractivity contribution >= 4 is 11.6 Å². The summed E-state index contributed by atoms with van der Waals surface area (Å²) in [5.74, 6) is 0.742. The van der Waals surface area contributed by atoms with Gasteiger partial charge in [-0.1, -0.05) is 32.0 Å². The molecule has 0 heterocycles. The maximum absolute atomic E-state index is 12.4. The van der Waals surface area contributed by atoms with Crippen LogP contribution in [0.5, 0.6) is 5.75 Å². The summed E-state index contributed by atoms with van der Waals surface area (Å²) in [5, 5.41) is 2.98. The summed E-state index contributed by atoms with van der Waals surface area (Å²) in [5.41, 5.74) is 2.70. The van der Waals surface area contributed by atoms with Crippen LogP contribution in [0.15, 0.2) is 48.5 Å². The maximum atomic E-state index is 12.4. The fourth-order valence-electron chi connectivity index (χ4n) is 2.80. The molecule has 1 amide bonds. The molecule has 2 aromatic rings. The lowest BCUT2D eigenvalue weighted by Crippen LogP contribution is -2.28. The minimum atomic E-state index is -0.0850. The van der Waals surface area contributed by atoms with Gasteiger partial charge in [-0.15, -0.1) is 0 Å². The van der Waals surface area contributed by atoms with Gasteiger partial charge < -0.3 is 19.9 Å². The summed E-state index contributed by atoms with van der Waals surface area (Å²) >= 11 is 0. The maximum Gasteiger partial charge on any atom is 0.251 e. The highest BCUT2D eigenvalue weighted by molar-refractivity contribution is 5.94. The minimum absolute atomic E-state index is 0.0850. The largest absolute Gasteiger partial charge is 0.492 e. The van der Waals surface area contributed by atoms with Crippen LogP contribution in [-0.2, 0) is 6.54 Å². The quantitative estimate of drug-likeness (QED) is 0.697. The molecule has 2 aromatic carbocycles. The van der Waals surface area contributed by atoms with Crippen molar-refractivity contribution in [2.24, 2.45) is 0 Å². The number of para-hydroxylation sites is 1. The van der Waals surface area contributed by atoms with Gasteiger partial charge in [0.1, 0.15) is 12.4 Å². The number of likely N-dealkylation sites (N-methyl/N-ethyl adjacent to an activating group) is 1. The van der Waals surface area contributed by atoms with Crippen molar-refractivity contribution in [1.82, 2.24) is 10.2 Å². The number of anilines is 1. The fraction of sp³-hybridized carbons (Fsp3) is 0.409. The minimum Gasteiger partial charge on any atom is -0.492 e. The second kappa shape index (κ2) is 10.6. The molecule has 27 heavy (non-hydrogen) atoms. The molecular weight excluding hydrogens is 338 g/mol. The first-order chi connectivity index (χ1) is 13.0. The molecule has 146 valence electrons. The zero-order chi connectivity index (χ0) is 19.6. The molecule has 1 N–H and O–H groups in total. The van der Waals surface area contributed by atoms with Crippen LogP contribution in [-0.4, -0.2) is 51.1 Å². The number of benzene rings is 2. The average molecular weight is 370 g/mol. The summed E-state index contributed by atoms with van der Waals surface area (Å²) < 4.78 is 5.95. The molecule has 0 atom stereocenters. The first kappa shape index (κ1) is 20.8. The molecule has 0 unspecified atom stereocenters. The molecule has 5 nitrogen and oxygen atoms in total. The van der Waals surface area contributed by atoms with Gasteiger partial charge >= 0.3 is 0 Å². The summed E-state index contributed by atoms with van der Waals surface area (Å²) in [7, 11) is 3.96. The first-order valence-corrected chi connectivity index (χ1v) is 9.53. The lowest BCUT2D eigenvalue weighted by Gasteiger charge is -2.19. The Morgan fingerprint density at radius 1 is 1.00 bits per heavy atom. The number of ether oxygens (including phenoxy) is 1. The normalized spacial score (nSPS) is 10.7. The van der Waals surface area contributed by atoms with E-state index in [9.17, 15) is 4.79 Å². The predicted octanol–water partition coefficient (Wildman–Crippen LogP) is 3.40. The van der Waals surface area contributed by atoms with E-state index in [0.717, 1.165) is 36.6 Å². The van der Waals surface area contributed by atoms with E-state index < -0.39 is 0 Å². The third-order valence-electron chi connectivity index (χ3n) is 4.62. The topological polar surface area (TPSA) is 44.8 Å². The number of amides is 1. The van der Waals surface area contributed by atoms with E-state index in [1.54, 1.807) is 0 Å². The van der Waals surface area contributed by atoms with Gasteiger partial charge in [0.05, 0.1) is 0 Å². The number of nitrogens with one attached hydrogen (secondary N) is 1. The van der Waals surface area contributed by atoms with Crippen LogP contribution in [0.25, 0.3) is 0 Å². The van der Waals surface area contributed by atoms with Crippen LogP contribution in [0.4, 0.5) is 5.69 Å². The summed E-state index contributed by atoms with van der Waals surface area (Å²) in [6.45, 7) is 8.31. The van der Waals surface area contributed by atoms with Gasteiger partial charge in [0.25, 0.3) is 5.91 Å². The molecule has 0 saturated heterocycles. The molecule has 0 aromatic heterocycles. The zero-order valence-corrected chi connectivity index (χ0v) is 16.9. The molecular formula is C22H31N3O2. The predicted molar refractivity (Wildman–Crippen MR) is 112 cm³/mol. The number of hydrogen-bond acceptors (Lipinski definition) is 4. The number of carbonyl (C=O) groups is 1. The van der Waals surface area contributed by atoms with Crippen molar-refractivity contribution in [1.29, 1.82) is 0 Å². The van der Waals surface area contributed by atoms with Crippen LogP contribution in [0, 0.1) is 0 Å². The Labute approximate surface area is 162 Å². The van der Waals surface area contributed by atoms with Crippen LogP contribution >= 0.6 is 0 Å². The van der Waals surface area contributed by atoms with Crippen LogP contribution in [0.2, 0.25) is 0 Å². The lowest BCUT2D eigenvalue weighted by molar-refractivity contribution is 0.0950. The van der Waals surface area contributed by atoms with Gasteiger partial charge in [-0.3, -0.25) is 4.79 Å². The smallest absolute Gasteiger partial charge is 0.251 e. The SMILES string of the molecule is CCN(CC)CCOc1ccccc1CNC(=O)c1ccc(N(C)C)cc1. The van der Waals surface area contributed by atoms with Gasteiger partial charge in [-0.05, 0) is 43.4 Å². The second-order valence-electron chi connectivity index (χ2n) is 6.61. The molecule has 5 heteroatoms. The highest BCUT2D eigenvalue weighted by Crippen LogP contribution is 2.18. The molecule has 0 aliphatic carbocycles. The average Bonchev–Trinajstić information content (AvgIpc) is 2.70. The van der Waals surface area contributed by atoms with Gasteiger partial charge in [-0.2, -0.15) is 0 Å². The van der Waals surface area contributed by atoms with Crippen molar-refractivity contribution in [2.45, 2.75) is 20.4 Å². The lowest BCUT2D eigenvalue weighted by atomic mass is 10.1. The van der Waals surface area contributed by atoms with E-state index in [2.05, 4.69) is 24.1 Å². The van der Waals surface area contributed by atoms with Gasteiger partial charge in [0.15, 0.2) is 0 Å². The molecule has 0 aliphatic heterocycles. The Morgan fingerprint density at radius 2 is 1.67 bits per heavy atom. The summed E-state index contributed by atoms with van der Waals surface area (Å²) in [6.07, 6.45) is 0. The van der Waals surface area contributed by atoms with Crippen LogP contribution in [0.1, 0.15) is 29.8 Å². The fourth-order valence-corrected chi connectivity index (χ4v) is 2.80. The van der Waals surface area contributed by atoms with Crippen molar-refractivity contribution in [3.05, 3.63) is 59.7 Å². The Hall–Kier alpha value is -2.53. The first-order valence-electron chi connectivity index (χ1n) is 9.53. The van der Waals surface area contributed by atoms with E-state index in [1.165, 1.54) is 0 Å². The molecule has 0 radical (unpaired) electrons. The second-order valence-corrected chi connectivity index (χ2v) is 6.61. The molecule has 0 saturated carbocycles. The number of rotatable bonds is 10. The molecule has 0 spiro atoms. The monoisotopic (exact) mass is 369 g/mol.